The highest BCUT2D eigenvalue weighted by atomic mass is 35.5. The molecule has 0 aliphatic heterocycles. The van der Waals surface area contributed by atoms with Crippen molar-refractivity contribution in [3.05, 3.63) is 81.5 Å². The lowest BCUT2D eigenvalue weighted by atomic mass is 10.1. The Labute approximate surface area is 177 Å². The van der Waals surface area contributed by atoms with Gasteiger partial charge in [0.1, 0.15) is 11.5 Å². The number of amides is 1. The maximum atomic E-state index is 12.1. The van der Waals surface area contributed by atoms with Crippen molar-refractivity contribution in [2.24, 2.45) is 5.10 Å². The lowest BCUT2D eigenvalue weighted by molar-refractivity contribution is 0.0526. The summed E-state index contributed by atoms with van der Waals surface area (Å²) in [6.45, 7) is 2.08. The molecule has 0 aliphatic rings. The summed E-state index contributed by atoms with van der Waals surface area (Å²) >= 11 is 11.7. The summed E-state index contributed by atoms with van der Waals surface area (Å²) < 4.78 is 10.6. The fraction of sp³-hybridized carbons (Fsp3) is 0.0952. The summed E-state index contributed by atoms with van der Waals surface area (Å²) in [5.74, 6) is 0.242. The van der Waals surface area contributed by atoms with Crippen LogP contribution >= 0.6 is 23.2 Å². The van der Waals surface area contributed by atoms with Crippen LogP contribution < -0.4 is 5.43 Å². The van der Waals surface area contributed by atoms with E-state index >= 15 is 0 Å². The number of benzene rings is 2. The van der Waals surface area contributed by atoms with Crippen molar-refractivity contribution >= 4 is 41.3 Å². The van der Waals surface area contributed by atoms with Gasteiger partial charge < -0.3 is 9.15 Å². The Balaban J connectivity index is 1.63. The van der Waals surface area contributed by atoms with Gasteiger partial charge in [0, 0.05) is 11.1 Å². The summed E-state index contributed by atoms with van der Waals surface area (Å²) in [5, 5.41) is 4.53. The van der Waals surface area contributed by atoms with Crippen LogP contribution in [0.4, 0.5) is 0 Å². The number of hydrogen-bond acceptors (Lipinski definition) is 5. The fourth-order valence-corrected chi connectivity index (χ4v) is 2.72. The van der Waals surface area contributed by atoms with Crippen molar-refractivity contribution in [2.45, 2.75) is 6.92 Å². The molecule has 0 spiro atoms. The third kappa shape index (κ3) is 5.25. The molecule has 1 aromatic heterocycles. The predicted octanol–water partition coefficient (Wildman–Crippen LogP) is 5.19. The first kappa shape index (κ1) is 20.6. The monoisotopic (exact) mass is 430 g/mol. The van der Waals surface area contributed by atoms with Crippen LogP contribution in [0.3, 0.4) is 0 Å². The lowest BCUT2D eigenvalue weighted by Gasteiger charge is -2.02. The molecule has 0 radical (unpaired) electrons. The number of hydrazone groups is 1. The van der Waals surface area contributed by atoms with E-state index in [0.29, 0.717) is 34.3 Å². The second-order valence-corrected chi connectivity index (χ2v) is 6.64. The summed E-state index contributed by atoms with van der Waals surface area (Å²) in [7, 11) is 0. The third-order valence-corrected chi connectivity index (χ3v) is 4.59. The van der Waals surface area contributed by atoms with Crippen LogP contribution in [-0.2, 0) is 4.74 Å². The van der Waals surface area contributed by atoms with Crippen LogP contribution in [0.25, 0.3) is 11.3 Å². The van der Waals surface area contributed by atoms with Gasteiger partial charge in [0.25, 0.3) is 5.91 Å². The molecule has 6 nitrogen and oxygen atoms in total. The van der Waals surface area contributed by atoms with E-state index in [2.05, 4.69) is 10.5 Å². The molecule has 0 saturated heterocycles. The number of carbonyl (C=O) groups excluding carboxylic acids is 2. The highest BCUT2D eigenvalue weighted by molar-refractivity contribution is 6.42. The minimum absolute atomic E-state index is 0.285. The number of furan rings is 1. The standard InChI is InChI=1S/C21H16Cl2N2O4/c1-2-28-21(27)14-5-3-13(4-6-14)19-10-8-16(29-19)12-24-25-20(26)15-7-9-17(22)18(23)11-15/h3-12H,2H2,1H3,(H,25,26)/b24-12-. The molecule has 3 aromatic rings. The average Bonchev–Trinajstić information content (AvgIpc) is 3.19. The molecule has 8 heteroatoms. The van der Waals surface area contributed by atoms with E-state index in [0.717, 1.165) is 5.56 Å². The molecule has 1 amide bonds. The average molecular weight is 431 g/mol. The quantitative estimate of drug-likeness (QED) is 0.331. The van der Waals surface area contributed by atoms with Crippen LogP contribution in [0.5, 0.6) is 0 Å². The van der Waals surface area contributed by atoms with Gasteiger partial charge in [-0.05, 0) is 49.4 Å². The van der Waals surface area contributed by atoms with Crippen LogP contribution in [0.1, 0.15) is 33.4 Å². The molecule has 2 aromatic carbocycles. The minimum atomic E-state index is -0.429. The third-order valence-electron chi connectivity index (χ3n) is 3.85. The van der Waals surface area contributed by atoms with E-state index in [-0.39, 0.29) is 11.0 Å². The normalized spacial score (nSPS) is 10.9. The van der Waals surface area contributed by atoms with Gasteiger partial charge in [0.05, 0.1) is 28.4 Å². The molecule has 0 unspecified atom stereocenters. The van der Waals surface area contributed by atoms with Crippen LogP contribution in [0.15, 0.2) is 64.1 Å². The SMILES string of the molecule is CCOC(=O)c1ccc(-c2ccc(/C=N\NC(=O)c3ccc(Cl)c(Cl)c3)o2)cc1. The van der Waals surface area contributed by atoms with E-state index in [9.17, 15) is 9.59 Å². The van der Waals surface area contributed by atoms with Gasteiger partial charge in [-0.25, -0.2) is 10.2 Å². The maximum absolute atomic E-state index is 12.1. The van der Waals surface area contributed by atoms with Crippen molar-refractivity contribution in [2.75, 3.05) is 6.61 Å². The fourth-order valence-electron chi connectivity index (χ4n) is 2.42. The van der Waals surface area contributed by atoms with Gasteiger partial charge in [0.15, 0.2) is 0 Å². The van der Waals surface area contributed by atoms with Crippen molar-refractivity contribution in [3.8, 4) is 11.3 Å². The molecule has 1 N–H and O–H groups in total. The van der Waals surface area contributed by atoms with Crippen molar-refractivity contribution in [1.82, 2.24) is 5.43 Å². The van der Waals surface area contributed by atoms with Crippen molar-refractivity contribution in [3.63, 3.8) is 0 Å². The molecule has 1 heterocycles. The molecule has 0 aliphatic carbocycles. The zero-order valence-electron chi connectivity index (χ0n) is 15.3. The maximum Gasteiger partial charge on any atom is 0.338 e. The Kier molecular flexibility index (Phi) is 6.69. The number of halogens is 2. The van der Waals surface area contributed by atoms with E-state index in [1.807, 2.05) is 0 Å². The summed E-state index contributed by atoms with van der Waals surface area (Å²) in [5.41, 5.74) is 3.98. The molecule has 0 bridgehead atoms. The van der Waals surface area contributed by atoms with Gasteiger partial charge in [-0.1, -0.05) is 35.3 Å². The van der Waals surface area contributed by atoms with Gasteiger partial charge >= 0.3 is 5.97 Å². The van der Waals surface area contributed by atoms with Gasteiger partial charge in [-0.3, -0.25) is 4.79 Å². The summed E-state index contributed by atoms with van der Waals surface area (Å²) in [4.78, 5) is 23.8. The second kappa shape index (κ2) is 9.41. The smallest absolute Gasteiger partial charge is 0.338 e. The Hall–Kier alpha value is -3.09. The Morgan fingerprint density at radius 3 is 2.45 bits per heavy atom. The van der Waals surface area contributed by atoms with Crippen LogP contribution in [0, 0.1) is 0 Å². The number of hydrogen-bond donors (Lipinski definition) is 1. The number of nitrogens with one attached hydrogen (secondary N) is 1. The Morgan fingerprint density at radius 2 is 1.76 bits per heavy atom. The zero-order chi connectivity index (χ0) is 20.8. The minimum Gasteiger partial charge on any atom is -0.462 e. The summed E-state index contributed by atoms with van der Waals surface area (Å²) in [6, 6.07) is 14.9. The van der Waals surface area contributed by atoms with E-state index in [1.54, 1.807) is 49.4 Å². The molecule has 29 heavy (non-hydrogen) atoms. The number of esters is 1. The van der Waals surface area contributed by atoms with Crippen LogP contribution in [-0.4, -0.2) is 24.7 Å². The second-order valence-electron chi connectivity index (χ2n) is 5.83. The highest BCUT2D eigenvalue weighted by Gasteiger charge is 2.09. The number of carbonyl (C=O) groups is 2. The molecule has 3 rings (SSSR count). The first-order chi connectivity index (χ1) is 14.0. The van der Waals surface area contributed by atoms with E-state index in [4.69, 9.17) is 32.4 Å². The van der Waals surface area contributed by atoms with Gasteiger partial charge in [0.2, 0.25) is 0 Å². The molecule has 0 fully saturated rings. The van der Waals surface area contributed by atoms with Gasteiger partial charge in [-0.2, -0.15) is 5.10 Å². The lowest BCUT2D eigenvalue weighted by Crippen LogP contribution is -2.17. The van der Waals surface area contributed by atoms with Gasteiger partial charge in [-0.15, -0.1) is 0 Å². The zero-order valence-corrected chi connectivity index (χ0v) is 16.8. The molecule has 0 atom stereocenters. The highest BCUT2D eigenvalue weighted by Crippen LogP contribution is 2.23. The first-order valence-electron chi connectivity index (χ1n) is 8.63. The molecular formula is C21H16Cl2N2O4. The Bertz CT molecular complexity index is 1060. The first-order valence-corrected chi connectivity index (χ1v) is 9.39. The Morgan fingerprint density at radius 1 is 1.03 bits per heavy atom. The predicted molar refractivity (Wildman–Crippen MR) is 112 cm³/mol. The summed E-state index contributed by atoms with van der Waals surface area (Å²) in [6.07, 6.45) is 1.38. The topological polar surface area (TPSA) is 80.9 Å². The van der Waals surface area contributed by atoms with Crippen molar-refractivity contribution < 1.29 is 18.7 Å². The van der Waals surface area contributed by atoms with E-state index < -0.39 is 5.91 Å². The van der Waals surface area contributed by atoms with Crippen molar-refractivity contribution in [1.29, 1.82) is 0 Å². The molecule has 148 valence electrons. The molecular weight excluding hydrogens is 415 g/mol. The molecule has 0 saturated carbocycles. The number of nitrogens with zero attached hydrogens (tertiary/aromatic N) is 1. The van der Waals surface area contributed by atoms with Crippen LogP contribution in [0.2, 0.25) is 10.0 Å². The van der Waals surface area contributed by atoms with E-state index in [1.165, 1.54) is 18.3 Å². The number of rotatable bonds is 6. The largest absolute Gasteiger partial charge is 0.462 e. The number of ether oxygens (including phenoxy) is 1.